The van der Waals surface area contributed by atoms with Crippen LogP contribution in [0.4, 0.5) is 5.69 Å². The smallest absolute Gasteiger partial charge is 0.269 e. The highest BCUT2D eigenvalue weighted by molar-refractivity contribution is 7.80. The van der Waals surface area contributed by atoms with Crippen molar-refractivity contribution in [3.8, 4) is 0 Å². The summed E-state index contributed by atoms with van der Waals surface area (Å²) in [4.78, 5) is 13.0. The van der Waals surface area contributed by atoms with E-state index in [9.17, 15) is 4.79 Å². The largest absolute Gasteiger partial charge is 0.332 e. The van der Waals surface area contributed by atoms with Gasteiger partial charge in [0.05, 0.1) is 5.02 Å². The van der Waals surface area contributed by atoms with Crippen LogP contribution in [0.2, 0.25) is 5.02 Å². The lowest BCUT2D eigenvalue weighted by Crippen LogP contribution is -2.34. The molecule has 3 rings (SSSR count). The Morgan fingerprint density at radius 2 is 1.80 bits per heavy atom. The number of rotatable bonds is 3. The van der Waals surface area contributed by atoms with Gasteiger partial charge in [-0.05, 0) is 35.8 Å². The van der Waals surface area contributed by atoms with Gasteiger partial charge in [0.25, 0.3) is 5.91 Å². The Labute approximate surface area is 161 Å². The topological polar surface area (TPSA) is 41.1 Å². The number of nitrogens with one attached hydrogen (secondary N) is 2. The quantitative estimate of drug-likeness (QED) is 0.556. The fraction of sp³-hybridized carbons (Fsp3) is 0.158. The van der Waals surface area contributed by atoms with Crippen molar-refractivity contribution in [3.05, 3.63) is 64.0 Å². The Hall–Kier alpha value is -1.95. The molecule has 0 saturated heterocycles. The summed E-state index contributed by atoms with van der Waals surface area (Å²) in [5.41, 5.74) is 2.03. The highest BCUT2D eigenvalue weighted by atomic mass is 35.5. The molecule has 3 aromatic rings. The summed E-state index contributed by atoms with van der Waals surface area (Å²) in [6.07, 6.45) is 0. The number of amides is 1. The molecule has 0 bridgehead atoms. The van der Waals surface area contributed by atoms with Crippen molar-refractivity contribution in [2.75, 3.05) is 5.32 Å². The van der Waals surface area contributed by atoms with E-state index in [4.69, 9.17) is 23.8 Å². The van der Waals surface area contributed by atoms with Gasteiger partial charge in [0.1, 0.15) is 4.88 Å². The molecule has 0 aliphatic heterocycles. The van der Waals surface area contributed by atoms with Gasteiger partial charge in [-0.25, -0.2) is 0 Å². The summed E-state index contributed by atoms with van der Waals surface area (Å²) in [6.45, 7) is 4.22. The zero-order valence-electron chi connectivity index (χ0n) is 13.8. The van der Waals surface area contributed by atoms with Crippen LogP contribution < -0.4 is 10.6 Å². The fourth-order valence-corrected chi connectivity index (χ4v) is 4.20. The zero-order chi connectivity index (χ0) is 18.0. The van der Waals surface area contributed by atoms with E-state index in [1.807, 2.05) is 48.5 Å². The number of hydrogen-bond acceptors (Lipinski definition) is 3. The van der Waals surface area contributed by atoms with Crippen LogP contribution in [-0.4, -0.2) is 11.0 Å². The molecule has 25 heavy (non-hydrogen) atoms. The maximum absolute atomic E-state index is 12.5. The Balaban J connectivity index is 1.77. The molecular weight excluding hydrogens is 372 g/mol. The van der Waals surface area contributed by atoms with Crippen molar-refractivity contribution < 1.29 is 4.79 Å². The zero-order valence-corrected chi connectivity index (χ0v) is 16.2. The summed E-state index contributed by atoms with van der Waals surface area (Å²) in [5.74, 6) is 0.0463. The lowest BCUT2D eigenvalue weighted by atomic mass is 10.0. The van der Waals surface area contributed by atoms with E-state index < -0.39 is 0 Å². The monoisotopic (exact) mass is 388 g/mol. The van der Waals surface area contributed by atoms with Crippen molar-refractivity contribution in [2.24, 2.45) is 0 Å². The minimum absolute atomic E-state index is 0.256. The second-order valence-corrected chi connectivity index (χ2v) is 7.73. The number of para-hydroxylation sites is 1. The summed E-state index contributed by atoms with van der Waals surface area (Å²) >= 11 is 13.0. The molecule has 0 radical (unpaired) electrons. The maximum atomic E-state index is 12.5. The van der Waals surface area contributed by atoms with E-state index in [2.05, 4.69) is 24.5 Å². The number of anilines is 1. The van der Waals surface area contributed by atoms with Crippen LogP contribution >= 0.6 is 35.2 Å². The average Bonchev–Trinajstić information content (AvgIpc) is 2.92. The fourth-order valence-electron chi connectivity index (χ4n) is 2.59. The van der Waals surface area contributed by atoms with Gasteiger partial charge in [-0.1, -0.05) is 61.8 Å². The number of thiophene rings is 1. The van der Waals surface area contributed by atoms with E-state index in [1.165, 1.54) is 11.3 Å². The molecule has 1 aromatic heterocycles. The van der Waals surface area contributed by atoms with Crippen LogP contribution in [0, 0.1) is 0 Å². The van der Waals surface area contributed by atoms with Crippen LogP contribution in [0.15, 0.2) is 48.5 Å². The van der Waals surface area contributed by atoms with Crippen LogP contribution in [0.1, 0.15) is 35.0 Å². The predicted molar refractivity (Wildman–Crippen MR) is 111 cm³/mol. The van der Waals surface area contributed by atoms with Gasteiger partial charge in [0.15, 0.2) is 5.11 Å². The molecular formula is C19H17ClN2OS2. The standard InChI is InChI=1S/C19H17ClN2OS2/c1-11(2)12-7-3-5-9-14(12)21-19(24)22-18(23)17-16(20)13-8-4-6-10-15(13)25-17/h3-11H,1-2H3,(H2,21,22,23,24). The molecule has 0 spiro atoms. The SMILES string of the molecule is CC(C)c1ccccc1NC(=S)NC(=O)c1sc2ccccc2c1Cl. The van der Waals surface area contributed by atoms with Crippen molar-refractivity contribution in [2.45, 2.75) is 19.8 Å². The van der Waals surface area contributed by atoms with E-state index in [1.54, 1.807) is 0 Å². The van der Waals surface area contributed by atoms with Crippen molar-refractivity contribution in [1.29, 1.82) is 0 Å². The minimum atomic E-state index is -0.300. The van der Waals surface area contributed by atoms with Crippen molar-refractivity contribution >= 4 is 61.9 Å². The molecule has 0 saturated carbocycles. The van der Waals surface area contributed by atoms with Crippen LogP contribution in [0.25, 0.3) is 10.1 Å². The molecule has 3 nitrogen and oxygen atoms in total. The number of hydrogen-bond donors (Lipinski definition) is 2. The highest BCUT2D eigenvalue weighted by Crippen LogP contribution is 2.35. The molecule has 2 aromatic carbocycles. The highest BCUT2D eigenvalue weighted by Gasteiger charge is 2.18. The third-order valence-corrected chi connectivity index (χ3v) is 5.68. The van der Waals surface area contributed by atoms with Crippen molar-refractivity contribution in [1.82, 2.24) is 5.32 Å². The van der Waals surface area contributed by atoms with Gasteiger partial charge in [-0.3, -0.25) is 10.1 Å². The molecule has 0 aliphatic carbocycles. The van der Waals surface area contributed by atoms with E-state index >= 15 is 0 Å². The second kappa shape index (κ2) is 7.52. The van der Waals surface area contributed by atoms with Gasteiger partial charge in [-0.2, -0.15) is 0 Å². The van der Waals surface area contributed by atoms with Crippen LogP contribution in [0.3, 0.4) is 0 Å². The summed E-state index contributed by atoms with van der Waals surface area (Å²) in [5, 5.41) is 7.42. The van der Waals surface area contributed by atoms with E-state index in [-0.39, 0.29) is 11.0 Å². The molecule has 0 atom stereocenters. The van der Waals surface area contributed by atoms with Gasteiger partial charge >= 0.3 is 0 Å². The number of carbonyl (C=O) groups excluding carboxylic acids is 1. The van der Waals surface area contributed by atoms with E-state index in [0.29, 0.717) is 15.8 Å². The minimum Gasteiger partial charge on any atom is -0.332 e. The molecule has 1 amide bonds. The second-order valence-electron chi connectivity index (χ2n) is 5.89. The summed E-state index contributed by atoms with van der Waals surface area (Å²) in [7, 11) is 0. The maximum Gasteiger partial charge on any atom is 0.269 e. The first-order valence-electron chi connectivity index (χ1n) is 7.85. The normalized spacial score (nSPS) is 10.9. The van der Waals surface area contributed by atoms with Gasteiger partial charge in [0.2, 0.25) is 0 Å². The van der Waals surface area contributed by atoms with Crippen LogP contribution in [-0.2, 0) is 0 Å². The Morgan fingerprint density at radius 1 is 1.12 bits per heavy atom. The Bertz CT molecular complexity index is 950. The molecule has 2 N–H and O–H groups in total. The van der Waals surface area contributed by atoms with Gasteiger partial charge < -0.3 is 5.32 Å². The molecule has 0 unspecified atom stereocenters. The number of fused-ring (bicyclic) bond motifs is 1. The number of thiocarbonyl (C=S) groups is 1. The molecule has 0 fully saturated rings. The molecule has 0 aliphatic rings. The first kappa shape index (κ1) is 17.9. The molecule has 128 valence electrons. The third-order valence-electron chi connectivity index (χ3n) is 3.80. The third kappa shape index (κ3) is 3.84. The molecule has 1 heterocycles. The predicted octanol–water partition coefficient (Wildman–Crippen LogP) is 5.80. The van der Waals surface area contributed by atoms with Gasteiger partial charge in [0, 0.05) is 15.8 Å². The van der Waals surface area contributed by atoms with Gasteiger partial charge in [-0.15, -0.1) is 11.3 Å². The average molecular weight is 389 g/mol. The number of halogens is 1. The van der Waals surface area contributed by atoms with E-state index in [0.717, 1.165) is 21.3 Å². The van der Waals surface area contributed by atoms with Crippen LogP contribution in [0.5, 0.6) is 0 Å². The number of benzene rings is 2. The van der Waals surface area contributed by atoms with Crippen molar-refractivity contribution in [3.63, 3.8) is 0 Å². The Morgan fingerprint density at radius 3 is 2.52 bits per heavy atom. The summed E-state index contributed by atoms with van der Waals surface area (Å²) < 4.78 is 0.974. The Kier molecular flexibility index (Phi) is 5.37. The lowest BCUT2D eigenvalue weighted by molar-refractivity contribution is 0.0982. The number of carbonyl (C=O) groups is 1. The first-order valence-corrected chi connectivity index (χ1v) is 9.46. The summed E-state index contributed by atoms with van der Waals surface area (Å²) in [6, 6.07) is 15.6. The first-order chi connectivity index (χ1) is 12.0. The lowest BCUT2D eigenvalue weighted by Gasteiger charge is -2.15. The molecule has 6 heteroatoms.